The van der Waals surface area contributed by atoms with Crippen molar-refractivity contribution in [2.75, 3.05) is 0 Å². The Labute approximate surface area is 194 Å². The maximum atomic E-state index is 12.9. The van der Waals surface area contributed by atoms with Gasteiger partial charge in [-0.3, -0.25) is 9.36 Å². The highest BCUT2D eigenvalue weighted by atomic mass is 32.2. The van der Waals surface area contributed by atoms with Gasteiger partial charge in [0.25, 0.3) is 0 Å². The zero-order chi connectivity index (χ0) is 23.5. The lowest BCUT2D eigenvalue weighted by Crippen LogP contribution is -2.51. The maximum absolute atomic E-state index is 12.9. The molecule has 0 radical (unpaired) electrons. The molecule has 0 saturated heterocycles. The second-order valence-corrected chi connectivity index (χ2v) is 9.87. The van der Waals surface area contributed by atoms with E-state index < -0.39 is 10.8 Å². The van der Waals surface area contributed by atoms with E-state index in [1.54, 1.807) is 6.92 Å². The van der Waals surface area contributed by atoms with Crippen LogP contribution in [0.15, 0.2) is 53.7 Å². The van der Waals surface area contributed by atoms with E-state index in [0.717, 1.165) is 16.8 Å². The van der Waals surface area contributed by atoms with Crippen LogP contribution in [0.25, 0.3) is 17.1 Å². The van der Waals surface area contributed by atoms with E-state index in [1.807, 2.05) is 87.7 Å². The van der Waals surface area contributed by atoms with Gasteiger partial charge in [0.15, 0.2) is 11.0 Å². The van der Waals surface area contributed by atoms with Crippen LogP contribution in [0.1, 0.15) is 38.8 Å². The van der Waals surface area contributed by atoms with Crippen molar-refractivity contribution in [2.24, 2.45) is 5.92 Å². The summed E-state index contributed by atoms with van der Waals surface area (Å²) in [6, 6.07) is 18.5. The summed E-state index contributed by atoms with van der Waals surface area (Å²) in [5, 5.41) is 21.5. The molecule has 2 unspecified atom stereocenters. The summed E-state index contributed by atoms with van der Waals surface area (Å²) in [4.78, 5) is 12.9. The Hall–Kier alpha value is -3.11. The summed E-state index contributed by atoms with van der Waals surface area (Å²) in [6.45, 7) is 11.5. The summed E-state index contributed by atoms with van der Waals surface area (Å²) >= 11 is 1.33. The molecule has 1 heterocycles. The predicted molar refractivity (Wildman–Crippen MR) is 129 cm³/mol. The number of aryl methyl sites for hydroxylation is 2. The molecule has 2 aromatic carbocycles. The number of amides is 1. The highest BCUT2D eigenvalue weighted by molar-refractivity contribution is 8.00. The van der Waals surface area contributed by atoms with Gasteiger partial charge >= 0.3 is 0 Å². The molecule has 2 atom stereocenters. The van der Waals surface area contributed by atoms with Crippen LogP contribution in [0, 0.1) is 31.1 Å². The quantitative estimate of drug-likeness (QED) is 0.510. The molecule has 32 heavy (non-hydrogen) atoms. The normalized spacial score (nSPS) is 13.9. The van der Waals surface area contributed by atoms with Gasteiger partial charge in [-0.05, 0) is 45.7 Å². The Morgan fingerprint density at radius 3 is 2.12 bits per heavy atom. The number of nitriles is 1. The van der Waals surface area contributed by atoms with Gasteiger partial charge in [-0.25, -0.2) is 0 Å². The molecule has 7 heteroatoms. The molecule has 1 N–H and O–H groups in total. The minimum absolute atomic E-state index is 0.0157. The molecule has 1 aromatic heterocycles. The molecule has 166 valence electrons. The molecule has 0 spiro atoms. The molecule has 0 aliphatic heterocycles. The smallest absolute Gasteiger partial charge is 0.234 e. The van der Waals surface area contributed by atoms with E-state index in [4.69, 9.17) is 0 Å². The molecule has 0 bridgehead atoms. The number of carbonyl (C=O) groups excluding carboxylic acids is 1. The standard InChI is InChI=1S/C25H29N5OS/c1-16(2)25(6,15-26)27-23(31)19(5)32-24-29-28-22(20-11-7-17(3)8-12-20)30(24)21-13-9-18(4)10-14-21/h7-14,16,19H,1-6H3,(H,27,31). The molecule has 0 saturated carbocycles. The number of aromatic nitrogens is 3. The predicted octanol–water partition coefficient (Wildman–Crippen LogP) is 5.09. The highest BCUT2D eigenvalue weighted by Crippen LogP contribution is 2.31. The number of nitrogens with zero attached hydrogens (tertiary/aromatic N) is 4. The van der Waals surface area contributed by atoms with Crippen molar-refractivity contribution < 1.29 is 4.79 Å². The molecular formula is C25H29N5OS. The van der Waals surface area contributed by atoms with E-state index in [1.165, 1.54) is 17.3 Å². The molecule has 0 aliphatic rings. The molecule has 3 rings (SSSR count). The number of hydrogen-bond acceptors (Lipinski definition) is 5. The molecule has 0 fully saturated rings. The number of benzene rings is 2. The zero-order valence-corrected chi connectivity index (χ0v) is 20.2. The van der Waals surface area contributed by atoms with Crippen molar-refractivity contribution in [3.63, 3.8) is 0 Å². The van der Waals surface area contributed by atoms with Gasteiger partial charge in [0.2, 0.25) is 5.91 Å². The van der Waals surface area contributed by atoms with Gasteiger partial charge in [0.1, 0.15) is 5.54 Å². The molecule has 0 aliphatic carbocycles. The molecular weight excluding hydrogens is 418 g/mol. The summed E-state index contributed by atoms with van der Waals surface area (Å²) in [7, 11) is 0. The average Bonchev–Trinajstić information content (AvgIpc) is 3.17. The topological polar surface area (TPSA) is 83.6 Å². The van der Waals surface area contributed by atoms with Crippen LogP contribution in [-0.4, -0.2) is 31.5 Å². The van der Waals surface area contributed by atoms with E-state index in [-0.39, 0.29) is 11.8 Å². The summed E-state index contributed by atoms with van der Waals surface area (Å²) < 4.78 is 1.98. The van der Waals surface area contributed by atoms with Crippen LogP contribution in [0.4, 0.5) is 0 Å². The Morgan fingerprint density at radius 1 is 1.03 bits per heavy atom. The maximum Gasteiger partial charge on any atom is 0.234 e. The van der Waals surface area contributed by atoms with Gasteiger partial charge in [0.05, 0.1) is 11.3 Å². The van der Waals surface area contributed by atoms with Crippen molar-refractivity contribution in [3.05, 3.63) is 59.7 Å². The van der Waals surface area contributed by atoms with Gasteiger partial charge in [0, 0.05) is 11.3 Å². The number of thioether (sulfide) groups is 1. The van der Waals surface area contributed by atoms with Crippen LogP contribution < -0.4 is 5.32 Å². The van der Waals surface area contributed by atoms with Gasteiger partial charge in [-0.1, -0.05) is 73.1 Å². The largest absolute Gasteiger partial charge is 0.337 e. The second kappa shape index (κ2) is 9.58. The Morgan fingerprint density at radius 2 is 1.59 bits per heavy atom. The van der Waals surface area contributed by atoms with Gasteiger partial charge in [-0.15, -0.1) is 10.2 Å². The lowest BCUT2D eigenvalue weighted by molar-refractivity contribution is -0.121. The van der Waals surface area contributed by atoms with E-state index in [2.05, 4.69) is 21.6 Å². The van der Waals surface area contributed by atoms with Crippen molar-refractivity contribution in [1.82, 2.24) is 20.1 Å². The Balaban J connectivity index is 1.96. The van der Waals surface area contributed by atoms with Gasteiger partial charge < -0.3 is 5.32 Å². The van der Waals surface area contributed by atoms with E-state index >= 15 is 0 Å². The van der Waals surface area contributed by atoms with E-state index in [0.29, 0.717) is 11.0 Å². The third-order valence-electron chi connectivity index (χ3n) is 5.66. The minimum Gasteiger partial charge on any atom is -0.337 e. The lowest BCUT2D eigenvalue weighted by Gasteiger charge is -2.28. The molecule has 3 aromatic rings. The Kier molecular flexibility index (Phi) is 7.05. The van der Waals surface area contributed by atoms with Crippen LogP contribution in [0.3, 0.4) is 0 Å². The summed E-state index contributed by atoms with van der Waals surface area (Å²) in [5.41, 5.74) is 3.27. The first kappa shape index (κ1) is 23.6. The summed E-state index contributed by atoms with van der Waals surface area (Å²) in [6.07, 6.45) is 0. The van der Waals surface area contributed by atoms with Crippen LogP contribution in [-0.2, 0) is 4.79 Å². The first-order chi connectivity index (χ1) is 15.1. The SMILES string of the molecule is Cc1ccc(-c2nnc(SC(C)C(=O)NC(C)(C#N)C(C)C)n2-c2ccc(C)cc2)cc1. The fourth-order valence-electron chi connectivity index (χ4n) is 3.03. The third kappa shape index (κ3) is 5.03. The van der Waals surface area contributed by atoms with Crippen molar-refractivity contribution in [3.8, 4) is 23.1 Å². The first-order valence-corrected chi connectivity index (χ1v) is 11.5. The minimum atomic E-state index is -0.927. The van der Waals surface area contributed by atoms with Crippen molar-refractivity contribution in [2.45, 2.75) is 57.5 Å². The third-order valence-corrected chi connectivity index (χ3v) is 6.70. The van der Waals surface area contributed by atoms with Gasteiger partial charge in [-0.2, -0.15) is 5.26 Å². The first-order valence-electron chi connectivity index (χ1n) is 10.6. The second-order valence-electron chi connectivity index (χ2n) is 8.56. The van der Waals surface area contributed by atoms with Crippen LogP contribution in [0.2, 0.25) is 0 Å². The number of rotatable bonds is 7. The van der Waals surface area contributed by atoms with Crippen molar-refractivity contribution >= 4 is 17.7 Å². The average molecular weight is 448 g/mol. The molecule has 6 nitrogen and oxygen atoms in total. The monoisotopic (exact) mass is 447 g/mol. The fraction of sp³-hybridized carbons (Fsp3) is 0.360. The summed E-state index contributed by atoms with van der Waals surface area (Å²) in [5.74, 6) is 0.495. The highest BCUT2D eigenvalue weighted by Gasteiger charge is 2.32. The number of hydrogen-bond donors (Lipinski definition) is 1. The number of carbonyl (C=O) groups is 1. The number of nitrogens with one attached hydrogen (secondary N) is 1. The lowest BCUT2D eigenvalue weighted by atomic mass is 9.90. The Bertz CT molecular complexity index is 1130. The van der Waals surface area contributed by atoms with E-state index in [9.17, 15) is 10.1 Å². The van der Waals surface area contributed by atoms with Crippen LogP contribution >= 0.6 is 11.8 Å². The van der Waals surface area contributed by atoms with Crippen molar-refractivity contribution in [1.29, 1.82) is 5.26 Å². The van der Waals surface area contributed by atoms with Crippen LogP contribution in [0.5, 0.6) is 0 Å². The fourth-order valence-corrected chi connectivity index (χ4v) is 3.90. The molecule has 1 amide bonds. The zero-order valence-electron chi connectivity index (χ0n) is 19.4.